The summed E-state index contributed by atoms with van der Waals surface area (Å²) < 4.78 is 11.8. The fourth-order valence-corrected chi connectivity index (χ4v) is 3.22. The van der Waals surface area contributed by atoms with Gasteiger partial charge < -0.3 is 9.47 Å². The predicted octanol–water partition coefficient (Wildman–Crippen LogP) is 4.16. The lowest BCUT2D eigenvalue weighted by molar-refractivity contribution is -0.130. The molecule has 0 spiro atoms. The van der Waals surface area contributed by atoms with Gasteiger partial charge in [-0.2, -0.15) is 5.10 Å². The number of amides is 1. The first-order chi connectivity index (χ1) is 12.0. The van der Waals surface area contributed by atoms with E-state index in [1.54, 1.807) is 14.2 Å². The van der Waals surface area contributed by atoms with E-state index < -0.39 is 0 Å². The van der Waals surface area contributed by atoms with E-state index in [0.717, 1.165) is 21.3 Å². The summed E-state index contributed by atoms with van der Waals surface area (Å²) in [5.74, 6) is 1.29. The summed E-state index contributed by atoms with van der Waals surface area (Å²) in [6.07, 6.45) is 0.629. The van der Waals surface area contributed by atoms with Gasteiger partial charge in [0.1, 0.15) is 11.5 Å². The van der Waals surface area contributed by atoms with Crippen LogP contribution in [-0.2, 0) is 4.79 Å². The summed E-state index contributed by atoms with van der Waals surface area (Å²) in [6, 6.07) is 13.4. The van der Waals surface area contributed by atoms with Crippen LogP contribution < -0.4 is 9.47 Å². The Morgan fingerprint density at radius 3 is 2.48 bits per heavy atom. The van der Waals surface area contributed by atoms with Gasteiger partial charge in [-0.25, -0.2) is 5.01 Å². The number of carbonyl (C=O) groups is 1. The Morgan fingerprint density at radius 2 is 1.88 bits per heavy atom. The number of rotatable bonds is 4. The molecule has 0 aromatic heterocycles. The third kappa shape index (κ3) is 3.54. The third-order valence-electron chi connectivity index (χ3n) is 4.21. The molecule has 2 aromatic rings. The van der Waals surface area contributed by atoms with Crippen molar-refractivity contribution in [1.82, 2.24) is 5.01 Å². The largest absolute Gasteiger partial charge is 0.497 e. The van der Waals surface area contributed by atoms with Crippen molar-refractivity contribution in [3.8, 4) is 11.5 Å². The van der Waals surface area contributed by atoms with Gasteiger partial charge in [0.05, 0.1) is 26.0 Å². The van der Waals surface area contributed by atoms with E-state index in [4.69, 9.17) is 9.47 Å². The maximum absolute atomic E-state index is 12.1. The molecule has 5 nitrogen and oxygen atoms in total. The van der Waals surface area contributed by atoms with Crippen LogP contribution in [0.3, 0.4) is 0 Å². The monoisotopic (exact) mass is 402 g/mol. The molecule has 1 amide bonds. The van der Waals surface area contributed by atoms with Crippen molar-refractivity contribution in [3.05, 3.63) is 58.1 Å². The van der Waals surface area contributed by atoms with Gasteiger partial charge in [0, 0.05) is 29.4 Å². The summed E-state index contributed by atoms with van der Waals surface area (Å²) in [5.41, 5.74) is 2.80. The molecule has 0 N–H and O–H groups in total. The Morgan fingerprint density at radius 1 is 1.16 bits per heavy atom. The van der Waals surface area contributed by atoms with Crippen molar-refractivity contribution in [1.29, 1.82) is 0 Å². The van der Waals surface area contributed by atoms with Gasteiger partial charge >= 0.3 is 0 Å². The van der Waals surface area contributed by atoms with E-state index in [1.165, 1.54) is 11.9 Å². The Labute approximate surface area is 155 Å². The summed E-state index contributed by atoms with van der Waals surface area (Å²) in [4.78, 5) is 12.1. The number of hydrazone groups is 1. The Balaban J connectivity index is 1.97. The maximum Gasteiger partial charge on any atom is 0.240 e. The molecule has 0 saturated heterocycles. The highest BCUT2D eigenvalue weighted by molar-refractivity contribution is 9.10. The minimum Gasteiger partial charge on any atom is -0.497 e. The van der Waals surface area contributed by atoms with Crippen LogP contribution >= 0.6 is 15.9 Å². The number of halogens is 1. The van der Waals surface area contributed by atoms with Crippen LogP contribution in [0.5, 0.6) is 11.5 Å². The molecule has 1 unspecified atom stereocenters. The second kappa shape index (κ2) is 7.27. The summed E-state index contributed by atoms with van der Waals surface area (Å²) >= 11 is 3.44. The summed E-state index contributed by atoms with van der Waals surface area (Å²) in [7, 11) is 3.22. The molecule has 130 valence electrons. The van der Waals surface area contributed by atoms with E-state index in [0.29, 0.717) is 17.9 Å². The highest BCUT2D eigenvalue weighted by atomic mass is 79.9. The van der Waals surface area contributed by atoms with Crippen molar-refractivity contribution < 1.29 is 14.3 Å². The van der Waals surface area contributed by atoms with Gasteiger partial charge in [-0.05, 0) is 29.8 Å². The molecule has 1 aliphatic rings. The molecule has 1 aliphatic heterocycles. The smallest absolute Gasteiger partial charge is 0.240 e. The van der Waals surface area contributed by atoms with Crippen molar-refractivity contribution in [2.45, 2.75) is 19.4 Å². The van der Waals surface area contributed by atoms with Crippen LogP contribution in [-0.4, -0.2) is 30.8 Å². The quantitative estimate of drug-likeness (QED) is 0.770. The highest BCUT2D eigenvalue weighted by Crippen LogP contribution is 2.39. The van der Waals surface area contributed by atoms with Gasteiger partial charge in [0.15, 0.2) is 0 Å². The second-order valence-electron chi connectivity index (χ2n) is 5.74. The molecule has 6 heteroatoms. The first-order valence-electron chi connectivity index (χ1n) is 7.88. The molecule has 0 fully saturated rings. The van der Waals surface area contributed by atoms with Crippen LogP contribution in [0.2, 0.25) is 0 Å². The average Bonchev–Trinajstić information content (AvgIpc) is 3.07. The minimum absolute atomic E-state index is 0.102. The van der Waals surface area contributed by atoms with Crippen LogP contribution in [0.1, 0.15) is 30.5 Å². The van der Waals surface area contributed by atoms with E-state index in [-0.39, 0.29) is 11.9 Å². The fraction of sp³-hybridized carbons (Fsp3) is 0.263. The number of carbonyl (C=O) groups excluding carboxylic acids is 1. The Bertz CT molecular complexity index is 818. The first-order valence-corrected chi connectivity index (χ1v) is 8.68. The molecule has 1 heterocycles. The van der Waals surface area contributed by atoms with E-state index in [2.05, 4.69) is 21.0 Å². The number of nitrogens with zero attached hydrogens (tertiary/aromatic N) is 2. The number of hydrogen-bond donors (Lipinski definition) is 0. The van der Waals surface area contributed by atoms with Crippen molar-refractivity contribution >= 4 is 27.5 Å². The van der Waals surface area contributed by atoms with Crippen molar-refractivity contribution in [2.75, 3.05) is 14.2 Å². The van der Waals surface area contributed by atoms with Gasteiger partial charge in [-0.3, -0.25) is 4.79 Å². The zero-order chi connectivity index (χ0) is 18.0. The van der Waals surface area contributed by atoms with Crippen LogP contribution in [0.4, 0.5) is 0 Å². The lowest BCUT2D eigenvalue weighted by Crippen LogP contribution is -2.24. The topological polar surface area (TPSA) is 51.1 Å². The van der Waals surface area contributed by atoms with E-state index in [9.17, 15) is 4.79 Å². The first kappa shape index (κ1) is 17.5. The number of ether oxygens (including phenoxy) is 2. The van der Waals surface area contributed by atoms with E-state index in [1.807, 2.05) is 42.5 Å². The summed E-state index contributed by atoms with van der Waals surface area (Å²) in [6.45, 7) is 1.52. The molecule has 0 radical (unpaired) electrons. The molecule has 25 heavy (non-hydrogen) atoms. The maximum atomic E-state index is 12.1. The minimum atomic E-state index is -0.197. The zero-order valence-corrected chi connectivity index (χ0v) is 15.9. The average molecular weight is 403 g/mol. The lowest BCUT2D eigenvalue weighted by atomic mass is 9.97. The molecule has 2 aromatic carbocycles. The Hall–Kier alpha value is -2.34. The standard InChI is InChI=1S/C19H19BrN2O3/c1-12(23)22-18(16-9-8-15(24-2)10-19(16)25-3)11-17(21-22)13-4-6-14(20)7-5-13/h4-10,18H,11H2,1-3H3. The molecule has 3 rings (SSSR count). The number of methoxy groups -OCH3 is 2. The Kier molecular flexibility index (Phi) is 5.08. The number of benzene rings is 2. The van der Waals surface area contributed by atoms with Gasteiger partial charge in [0.2, 0.25) is 5.91 Å². The van der Waals surface area contributed by atoms with E-state index >= 15 is 0 Å². The second-order valence-corrected chi connectivity index (χ2v) is 6.66. The molecule has 0 saturated carbocycles. The normalized spacial score (nSPS) is 16.6. The van der Waals surface area contributed by atoms with Gasteiger partial charge in [0.25, 0.3) is 0 Å². The van der Waals surface area contributed by atoms with Crippen molar-refractivity contribution in [3.63, 3.8) is 0 Å². The van der Waals surface area contributed by atoms with Crippen LogP contribution in [0.25, 0.3) is 0 Å². The SMILES string of the molecule is COc1ccc(C2CC(c3ccc(Br)cc3)=NN2C(C)=O)c(OC)c1. The fourth-order valence-electron chi connectivity index (χ4n) is 2.95. The molecular formula is C19H19BrN2O3. The molecule has 1 atom stereocenters. The van der Waals surface area contributed by atoms with Crippen molar-refractivity contribution in [2.24, 2.45) is 5.10 Å². The molecular weight excluding hydrogens is 384 g/mol. The van der Waals surface area contributed by atoms with Crippen LogP contribution in [0.15, 0.2) is 52.0 Å². The van der Waals surface area contributed by atoms with Gasteiger partial charge in [-0.15, -0.1) is 0 Å². The number of hydrogen-bond acceptors (Lipinski definition) is 4. The highest BCUT2D eigenvalue weighted by Gasteiger charge is 2.33. The predicted molar refractivity (Wildman–Crippen MR) is 100 cm³/mol. The third-order valence-corrected chi connectivity index (χ3v) is 4.74. The van der Waals surface area contributed by atoms with Crippen LogP contribution in [0, 0.1) is 0 Å². The molecule has 0 aliphatic carbocycles. The molecule has 0 bridgehead atoms. The lowest BCUT2D eigenvalue weighted by Gasteiger charge is -2.22. The zero-order valence-electron chi connectivity index (χ0n) is 14.3. The van der Waals surface area contributed by atoms with Gasteiger partial charge in [-0.1, -0.05) is 28.1 Å². The summed E-state index contributed by atoms with van der Waals surface area (Å²) in [5, 5.41) is 6.09.